The molecule has 0 spiro atoms. The highest BCUT2D eigenvalue weighted by molar-refractivity contribution is 5.88. The van der Waals surface area contributed by atoms with Crippen LogP contribution in [0.1, 0.15) is 24.3 Å². The van der Waals surface area contributed by atoms with Crippen molar-refractivity contribution in [3.63, 3.8) is 0 Å². The summed E-state index contributed by atoms with van der Waals surface area (Å²) in [5.74, 6) is -0.390. The molecule has 5 nitrogen and oxygen atoms in total. The monoisotopic (exact) mass is 262 g/mol. The molecule has 0 fully saturated rings. The van der Waals surface area contributed by atoms with Gasteiger partial charge in [-0.2, -0.15) is 0 Å². The number of methoxy groups -OCH3 is 1. The van der Waals surface area contributed by atoms with Crippen molar-refractivity contribution in [2.45, 2.75) is 18.8 Å². The van der Waals surface area contributed by atoms with E-state index in [9.17, 15) is 9.59 Å². The van der Waals surface area contributed by atoms with Crippen LogP contribution < -0.4 is 10.6 Å². The number of carbonyl (C=O) groups excluding carboxylic acids is 2. The summed E-state index contributed by atoms with van der Waals surface area (Å²) in [4.78, 5) is 23.0. The van der Waals surface area contributed by atoms with Gasteiger partial charge in [-0.3, -0.25) is 9.59 Å². The summed E-state index contributed by atoms with van der Waals surface area (Å²) in [6, 6.07) is 7.82. The van der Waals surface area contributed by atoms with Crippen LogP contribution >= 0.6 is 0 Å². The van der Waals surface area contributed by atoms with Crippen LogP contribution in [0.15, 0.2) is 24.3 Å². The zero-order chi connectivity index (χ0) is 13.7. The third-order valence-corrected chi connectivity index (χ3v) is 3.23. The molecule has 5 heteroatoms. The molecule has 1 aliphatic rings. The van der Waals surface area contributed by atoms with Gasteiger partial charge in [0.2, 0.25) is 5.91 Å². The van der Waals surface area contributed by atoms with Crippen molar-refractivity contribution < 1.29 is 14.3 Å². The largest absolute Gasteiger partial charge is 0.469 e. The highest BCUT2D eigenvalue weighted by atomic mass is 16.5. The molecule has 0 aromatic heterocycles. The van der Waals surface area contributed by atoms with Gasteiger partial charge < -0.3 is 15.4 Å². The highest BCUT2D eigenvalue weighted by Crippen LogP contribution is 2.30. The number of hydrogen-bond acceptors (Lipinski definition) is 4. The number of esters is 1. The van der Waals surface area contributed by atoms with Gasteiger partial charge in [0.1, 0.15) is 0 Å². The quantitative estimate of drug-likeness (QED) is 0.619. The van der Waals surface area contributed by atoms with E-state index in [1.807, 2.05) is 24.3 Å². The molecule has 1 aromatic carbocycles. The summed E-state index contributed by atoms with van der Waals surface area (Å²) in [6.45, 7) is 1.12. The minimum atomic E-state index is -0.248. The molecule has 0 bridgehead atoms. The van der Waals surface area contributed by atoms with E-state index in [-0.39, 0.29) is 17.8 Å². The van der Waals surface area contributed by atoms with Gasteiger partial charge in [-0.1, -0.05) is 18.2 Å². The van der Waals surface area contributed by atoms with Crippen molar-refractivity contribution >= 4 is 17.6 Å². The van der Waals surface area contributed by atoms with E-state index in [1.54, 1.807) is 0 Å². The molecular formula is C14H18N2O3. The van der Waals surface area contributed by atoms with E-state index >= 15 is 0 Å². The van der Waals surface area contributed by atoms with Crippen molar-refractivity contribution in [2.75, 3.05) is 25.5 Å². The molecular weight excluding hydrogens is 244 g/mol. The fourth-order valence-electron chi connectivity index (χ4n) is 2.19. The van der Waals surface area contributed by atoms with E-state index in [0.29, 0.717) is 25.9 Å². The zero-order valence-electron chi connectivity index (χ0n) is 10.9. The molecule has 2 rings (SSSR count). The first-order valence-electron chi connectivity index (χ1n) is 6.39. The molecule has 1 aromatic rings. The predicted octanol–water partition coefficient (Wildman–Crippen LogP) is 1.27. The van der Waals surface area contributed by atoms with Crippen LogP contribution in [0.3, 0.4) is 0 Å². The molecule has 19 heavy (non-hydrogen) atoms. The second-order valence-corrected chi connectivity index (χ2v) is 4.49. The molecule has 102 valence electrons. The Morgan fingerprint density at radius 2 is 2.21 bits per heavy atom. The molecule has 0 aliphatic carbocycles. The molecule has 0 saturated heterocycles. The molecule has 0 saturated carbocycles. The summed E-state index contributed by atoms with van der Waals surface area (Å²) in [5, 5.41) is 6.07. The first kappa shape index (κ1) is 13.4. The molecule has 2 N–H and O–H groups in total. The fourth-order valence-corrected chi connectivity index (χ4v) is 2.19. The lowest BCUT2D eigenvalue weighted by molar-refractivity contribution is -0.140. The molecule has 1 unspecified atom stereocenters. The second-order valence-electron chi connectivity index (χ2n) is 4.49. The number of para-hydroxylation sites is 1. The summed E-state index contributed by atoms with van der Waals surface area (Å²) < 4.78 is 4.54. The van der Waals surface area contributed by atoms with E-state index in [2.05, 4.69) is 15.4 Å². The first-order chi connectivity index (χ1) is 9.22. The average Bonchev–Trinajstić information content (AvgIpc) is 2.87. The Kier molecular flexibility index (Phi) is 4.39. The Hall–Kier alpha value is -2.04. The van der Waals surface area contributed by atoms with Crippen LogP contribution in [-0.4, -0.2) is 32.1 Å². The lowest BCUT2D eigenvalue weighted by atomic mass is 10.0. The van der Waals surface area contributed by atoms with E-state index < -0.39 is 0 Å². The number of anilines is 1. The standard InChI is InChI=1S/C14H18N2O3/c1-19-13(17)7-4-8-15-14(18)11-9-16-12-6-3-2-5-10(11)12/h2-3,5-6,11,16H,4,7-9H2,1H3,(H,15,18). The van der Waals surface area contributed by atoms with E-state index in [1.165, 1.54) is 7.11 Å². The fraction of sp³-hybridized carbons (Fsp3) is 0.429. The second kappa shape index (κ2) is 6.22. The van der Waals surface area contributed by atoms with Crippen molar-refractivity contribution in [3.8, 4) is 0 Å². The van der Waals surface area contributed by atoms with Crippen LogP contribution in [0.2, 0.25) is 0 Å². The predicted molar refractivity (Wildman–Crippen MR) is 71.9 cm³/mol. The number of hydrogen-bond donors (Lipinski definition) is 2. The Bertz CT molecular complexity index is 474. The Morgan fingerprint density at radius 1 is 1.42 bits per heavy atom. The minimum absolute atomic E-state index is 0.00214. The summed E-state index contributed by atoms with van der Waals surface area (Å²) >= 11 is 0. The molecule has 1 atom stereocenters. The van der Waals surface area contributed by atoms with Gasteiger partial charge in [0.15, 0.2) is 0 Å². The van der Waals surface area contributed by atoms with Crippen molar-refractivity contribution in [3.05, 3.63) is 29.8 Å². The maximum Gasteiger partial charge on any atom is 0.305 e. The number of rotatable bonds is 5. The number of carbonyl (C=O) groups is 2. The normalized spacial score (nSPS) is 16.4. The maximum atomic E-state index is 12.1. The van der Waals surface area contributed by atoms with Gasteiger partial charge in [0.05, 0.1) is 13.0 Å². The molecule has 1 aliphatic heterocycles. The van der Waals surface area contributed by atoms with Gasteiger partial charge >= 0.3 is 5.97 Å². The van der Waals surface area contributed by atoms with E-state index in [0.717, 1.165) is 11.3 Å². The van der Waals surface area contributed by atoms with Gasteiger partial charge in [-0.15, -0.1) is 0 Å². The van der Waals surface area contributed by atoms with Crippen LogP contribution in [0.4, 0.5) is 5.69 Å². The third kappa shape index (κ3) is 3.24. The van der Waals surface area contributed by atoms with Gasteiger partial charge in [0.25, 0.3) is 0 Å². The smallest absolute Gasteiger partial charge is 0.305 e. The van der Waals surface area contributed by atoms with Crippen molar-refractivity contribution in [1.29, 1.82) is 0 Å². The lowest BCUT2D eigenvalue weighted by Gasteiger charge is -2.10. The zero-order valence-corrected chi connectivity index (χ0v) is 10.9. The van der Waals surface area contributed by atoms with Crippen LogP contribution in [0.5, 0.6) is 0 Å². The van der Waals surface area contributed by atoms with Crippen molar-refractivity contribution in [2.24, 2.45) is 0 Å². The Labute approximate surface area is 112 Å². The first-order valence-corrected chi connectivity index (χ1v) is 6.39. The SMILES string of the molecule is COC(=O)CCCNC(=O)C1CNc2ccccc21. The topological polar surface area (TPSA) is 67.4 Å². The maximum absolute atomic E-state index is 12.1. The van der Waals surface area contributed by atoms with Crippen LogP contribution in [-0.2, 0) is 14.3 Å². The minimum Gasteiger partial charge on any atom is -0.469 e. The summed E-state index contributed by atoms with van der Waals surface area (Å²) in [5.41, 5.74) is 2.06. The number of fused-ring (bicyclic) bond motifs is 1. The van der Waals surface area contributed by atoms with Crippen LogP contribution in [0, 0.1) is 0 Å². The molecule has 0 radical (unpaired) electrons. The van der Waals surface area contributed by atoms with E-state index in [4.69, 9.17) is 0 Å². The number of amides is 1. The molecule has 1 heterocycles. The molecule has 1 amide bonds. The summed E-state index contributed by atoms with van der Waals surface area (Å²) in [7, 11) is 1.36. The Morgan fingerprint density at radius 3 is 3.00 bits per heavy atom. The lowest BCUT2D eigenvalue weighted by Crippen LogP contribution is -2.31. The van der Waals surface area contributed by atoms with Crippen LogP contribution in [0.25, 0.3) is 0 Å². The number of ether oxygens (including phenoxy) is 1. The third-order valence-electron chi connectivity index (χ3n) is 3.23. The van der Waals surface area contributed by atoms with Gasteiger partial charge in [-0.05, 0) is 18.1 Å². The summed E-state index contributed by atoms with van der Waals surface area (Å²) in [6.07, 6.45) is 0.927. The average molecular weight is 262 g/mol. The van der Waals surface area contributed by atoms with Gasteiger partial charge in [-0.25, -0.2) is 0 Å². The highest BCUT2D eigenvalue weighted by Gasteiger charge is 2.27. The Balaban J connectivity index is 1.80. The van der Waals surface area contributed by atoms with Crippen molar-refractivity contribution in [1.82, 2.24) is 5.32 Å². The number of nitrogens with one attached hydrogen (secondary N) is 2. The van der Waals surface area contributed by atoms with Gasteiger partial charge in [0, 0.05) is 25.2 Å². The number of benzene rings is 1.